The van der Waals surface area contributed by atoms with Gasteiger partial charge in [-0.2, -0.15) is 0 Å². The lowest BCUT2D eigenvalue weighted by Gasteiger charge is -1.94. The largest absolute Gasteiger partial charge is 0.436 e. The summed E-state index contributed by atoms with van der Waals surface area (Å²) < 4.78 is 5.66. The van der Waals surface area contributed by atoms with Crippen molar-refractivity contribution in [3.8, 4) is 11.5 Å². The summed E-state index contributed by atoms with van der Waals surface area (Å²) >= 11 is 5.84. The molecule has 0 amide bonds. The Morgan fingerprint density at radius 3 is 2.61 bits per heavy atom. The molecular weight excluding hydrogens is 250 g/mol. The highest BCUT2D eigenvalue weighted by Crippen LogP contribution is 2.25. The van der Waals surface area contributed by atoms with Crippen LogP contribution in [0.3, 0.4) is 0 Å². The lowest BCUT2D eigenvalue weighted by atomic mass is 10.2. The van der Waals surface area contributed by atoms with Gasteiger partial charge in [0, 0.05) is 10.6 Å². The van der Waals surface area contributed by atoms with E-state index in [0.29, 0.717) is 16.5 Å². The molecule has 90 valence electrons. The molecule has 4 heteroatoms. The van der Waals surface area contributed by atoms with Crippen LogP contribution in [0.5, 0.6) is 0 Å². The number of oxazole rings is 1. The number of hydrogen-bond acceptors (Lipinski definition) is 3. The third kappa shape index (κ3) is 1.98. The molecule has 3 aromatic rings. The fourth-order valence-electron chi connectivity index (χ4n) is 1.79. The number of nitrogens with zero attached hydrogens (tertiary/aromatic N) is 1. The molecule has 0 saturated carbocycles. The van der Waals surface area contributed by atoms with Crippen molar-refractivity contribution < 1.29 is 9.52 Å². The highest BCUT2D eigenvalue weighted by Gasteiger charge is 2.08. The Kier molecular flexibility index (Phi) is 2.78. The highest BCUT2D eigenvalue weighted by molar-refractivity contribution is 6.30. The second-order valence-corrected chi connectivity index (χ2v) is 4.42. The maximum atomic E-state index is 9.08. The van der Waals surface area contributed by atoms with E-state index in [0.717, 1.165) is 16.6 Å². The van der Waals surface area contributed by atoms with Gasteiger partial charge in [-0.3, -0.25) is 0 Å². The SMILES string of the molecule is OCc1ccc2oc(-c3ccc(Cl)cc3)nc2c1. The summed E-state index contributed by atoms with van der Waals surface area (Å²) in [6.45, 7) is -0.000914. The van der Waals surface area contributed by atoms with Gasteiger partial charge in [0.2, 0.25) is 5.89 Å². The van der Waals surface area contributed by atoms with Gasteiger partial charge in [0.05, 0.1) is 6.61 Å². The van der Waals surface area contributed by atoms with Crippen molar-refractivity contribution in [3.63, 3.8) is 0 Å². The van der Waals surface area contributed by atoms with E-state index in [1.54, 1.807) is 12.1 Å². The molecular formula is C14H10ClNO2. The zero-order valence-corrected chi connectivity index (χ0v) is 10.2. The summed E-state index contributed by atoms with van der Waals surface area (Å²) in [5, 5.41) is 9.76. The van der Waals surface area contributed by atoms with E-state index in [1.165, 1.54) is 0 Å². The van der Waals surface area contributed by atoms with Crippen LogP contribution in [0.25, 0.3) is 22.6 Å². The van der Waals surface area contributed by atoms with Gasteiger partial charge in [0.1, 0.15) is 5.52 Å². The van der Waals surface area contributed by atoms with Crippen molar-refractivity contribution in [2.75, 3.05) is 0 Å². The average Bonchev–Trinajstić information content (AvgIpc) is 2.82. The van der Waals surface area contributed by atoms with Crippen molar-refractivity contribution in [2.24, 2.45) is 0 Å². The molecule has 1 N–H and O–H groups in total. The Balaban J connectivity index is 2.10. The summed E-state index contributed by atoms with van der Waals surface area (Å²) in [6, 6.07) is 12.8. The first-order valence-electron chi connectivity index (χ1n) is 5.52. The van der Waals surface area contributed by atoms with Gasteiger partial charge in [-0.25, -0.2) is 4.98 Å². The number of aromatic nitrogens is 1. The summed E-state index contributed by atoms with van der Waals surface area (Å²) in [5.74, 6) is 0.553. The van der Waals surface area contributed by atoms with Crippen LogP contribution >= 0.6 is 11.6 Å². The normalized spacial score (nSPS) is 11.0. The Morgan fingerprint density at radius 1 is 1.11 bits per heavy atom. The van der Waals surface area contributed by atoms with E-state index in [-0.39, 0.29) is 6.61 Å². The fourth-order valence-corrected chi connectivity index (χ4v) is 1.91. The minimum Gasteiger partial charge on any atom is -0.436 e. The molecule has 0 unspecified atom stereocenters. The molecule has 0 bridgehead atoms. The molecule has 3 rings (SSSR count). The zero-order valence-electron chi connectivity index (χ0n) is 9.43. The number of benzene rings is 2. The summed E-state index contributed by atoms with van der Waals surface area (Å²) in [4.78, 5) is 4.40. The van der Waals surface area contributed by atoms with Crippen molar-refractivity contribution in [2.45, 2.75) is 6.61 Å². The fraction of sp³-hybridized carbons (Fsp3) is 0.0714. The van der Waals surface area contributed by atoms with Crippen LogP contribution in [-0.4, -0.2) is 10.1 Å². The summed E-state index contributed by atoms with van der Waals surface area (Å²) in [6.07, 6.45) is 0. The summed E-state index contributed by atoms with van der Waals surface area (Å²) in [7, 11) is 0. The van der Waals surface area contributed by atoms with Crippen LogP contribution in [0.2, 0.25) is 5.02 Å². The van der Waals surface area contributed by atoms with E-state index >= 15 is 0 Å². The quantitative estimate of drug-likeness (QED) is 0.764. The number of fused-ring (bicyclic) bond motifs is 1. The second-order valence-electron chi connectivity index (χ2n) is 3.99. The maximum Gasteiger partial charge on any atom is 0.227 e. The minimum absolute atomic E-state index is 0.000914. The molecule has 0 radical (unpaired) electrons. The number of rotatable bonds is 2. The van der Waals surface area contributed by atoms with Crippen molar-refractivity contribution >= 4 is 22.7 Å². The van der Waals surface area contributed by atoms with Gasteiger partial charge in [-0.15, -0.1) is 0 Å². The Bertz CT molecular complexity index is 689. The van der Waals surface area contributed by atoms with Gasteiger partial charge < -0.3 is 9.52 Å². The molecule has 3 nitrogen and oxygen atoms in total. The average molecular weight is 260 g/mol. The molecule has 0 atom stereocenters. The third-order valence-electron chi connectivity index (χ3n) is 2.73. The molecule has 0 saturated heterocycles. The molecule has 0 aliphatic heterocycles. The number of aliphatic hydroxyl groups is 1. The smallest absolute Gasteiger partial charge is 0.227 e. The first kappa shape index (κ1) is 11.3. The first-order chi connectivity index (χ1) is 8.76. The molecule has 0 aliphatic carbocycles. The molecule has 2 aromatic carbocycles. The van der Waals surface area contributed by atoms with E-state index in [2.05, 4.69) is 4.98 Å². The number of aliphatic hydroxyl groups excluding tert-OH is 1. The van der Waals surface area contributed by atoms with E-state index in [4.69, 9.17) is 21.1 Å². The lowest BCUT2D eigenvalue weighted by Crippen LogP contribution is -1.81. The van der Waals surface area contributed by atoms with Gasteiger partial charge in [-0.05, 0) is 42.0 Å². The van der Waals surface area contributed by atoms with Crippen molar-refractivity contribution in [1.82, 2.24) is 4.98 Å². The van der Waals surface area contributed by atoms with Crippen LogP contribution in [0, 0.1) is 0 Å². The Hall–Kier alpha value is -1.84. The first-order valence-corrected chi connectivity index (χ1v) is 5.90. The monoisotopic (exact) mass is 259 g/mol. The highest BCUT2D eigenvalue weighted by atomic mass is 35.5. The number of halogens is 1. The predicted molar refractivity (Wildman–Crippen MR) is 70.4 cm³/mol. The van der Waals surface area contributed by atoms with Crippen molar-refractivity contribution in [3.05, 3.63) is 53.1 Å². The summed E-state index contributed by atoms with van der Waals surface area (Å²) in [5.41, 5.74) is 3.14. The minimum atomic E-state index is -0.000914. The molecule has 1 aromatic heterocycles. The topological polar surface area (TPSA) is 46.3 Å². The van der Waals surface area contributed by atoms with Crippen LogP contribution in [0.4, 0.5) is 0 Å². The van der Waals surface area contributed by atoms with Crippen LogP contribution in [0.1, 0.15) is 5.56 Å². The Labute approximate surface area is 109 Å². The standard InChI is InChI=1S/C14H10ClNO2/c15-11-4-2-10(3-5-11)14-16-12-7-9(8-17)1-6-13(12)18-14/h1-7,17H,8H2. The second kappa shape index (κ2) is 4.44. The van der Waals surface area contributed by atoms with Crippen LogP contribution in [-0.2, 0) is 6.61 Å². The van der Waals surface area contributed by atoms with E-state index in [9.17, 15) is 0 Å². The van der Waals surface area contributed by atoms with Crippen molar-refractivity contribution in [1.29, 1.82) is 0 Å². The molecule has 0 fully saturated rings. The van der Waals surface area contributed by atoms with Gasteiger partial charge in [0.15, 0.2) is 5.58 Å². The van der Waals surface area contributed by atoms with Crippen LogP contribution in [0.15, 0.2) is 46.9 Å². The number of hydrogen-bond donors (Lipinski definition) is 1. The molecule has 0 aliphatic rings. The predicted octanol–water partition coefficient (Wildman–Crippen LogP) is 3.64. The molecule has 0 spiro atoms. The van der Waals surface area contributed by atoms with Gasteiger partial charge >= 0.3 is 0 Å². The molecule has 18 heavy (non-hydrogen) atoms. The van der Waals surface area contributed by atoms with Crippen LogP contribution < -0.4 is 0 Å². The van der Waals surface area contributed by atoms with Gasteiger partial charge in [-0.1, -0.05) is 17.7 Å². The maximum absolute atomic E-state index is 9.08. The third-order valence-corrected chi connectivity index (χ3v) is 2.98. The Morgan fingerprint density at radius 2 is 1.89 bits per heavy atom. The molecule has 1 heterocycles. The van der Waals surface area contributed by atoms with Gasteiger partial charge in [0.25, 0.3) is 0 Å². The zero-order chi connectivity index (χ0) is 12.5. The van der Waals surface area contributed by atoms with E-state index < -0.39 is 0 Å². The lowest BCUT2D eigenvalue weighted by molar-refractivity contribution is 0.282. The van der Waals surface area contributed by atoms with E-state index in [1.807, 2.05) is 30.3 Å².